The van der Waals surface area contributed by atoms with Gasteiger partial charge in [-0.1, -0.05) is 0 Å². The minimum atomic E-state index is -0.471. The minimum Gasteiger partial charge on any atom is -0.341 e. The van der Waals surface area contributed by atoms with Crippen LogP contribution in [0.5, 0.6) is 0 Å². The van der Waals surface area contributed by atoms with Gasteiger partial charge in [-0.15, -0.1) is 0 Å². The van der Waals surface area contributed by atoms with Crippen LogP contribution in [0.15, 0.2) is 0 Å². The van der Waals surface area contributed by atoms with Gasteiger partial charge in [-0.05, 0) is 38.0 Å². The third-order valence-electron chi connectivity index (χ3n) is 2.96. The number of nitrogens with one attached hydrogen (secondary N) is 1. The molecule has 0 bridgehead atoms. The smallest absolute Gasteiger partial charge is 0.241 e. The summed E-state index contributed by atoms with van der Waals surface area (Å²) >= 11 is 0. The molecule has 1 unspecified atom stereocenters. The fourth-order valence-electron chi connectivity index (χ4n) is 1.90. The number of hydrogen-bond acceptors (Lipinski definition) is 1. The van der Waals surface area contributed by atoms with Crippen molar-refractivity contribution in [1.82, 2.24) is 10.6 Å². The summed E-state index contributed by atoms with van der Waals surface area (Å²) in [6.07, 6.45) is 5.47. The summed E-state index contributed by atoms with van der Waals surface area (Å²) in [5.74, 6) is 0.832. The predicted molar refractivity (Wildman–Crippen MR) is 50.0 cm³/mol. The molecule has 73 valence electrons. The van der Waals surface area contributed by atoms with Crippen molar-refractivity contribution in [2.45, 2.75) is 38.1 Å². The Kier molecular flexibility index (Phi) is 2.54. The third kappa shape index (κ3) is 2.21. The molecule has 13 heavy (non-hydrogen) atoms. The molecule has 1 heterocycles. The number of carbonyl (C=O) groups is 1. The highest BCUT2D eigenvalue weighted by molar-refractivity contribution is 5.81. The van der Waals surface area contributed by atoms with Gasteiger partial charge in [0, 0.05) is 13.1 Å². The minimum absolute atomic E-state index is 0.0735. The van der Waals surface area contributed by atoms with Crippen LogP contribution in [0.2, 0.25) is 0 Å². The zero-order valence-electron chi connectivity index (χ0n) is 7.96. The number of nitrogens with zero attached hydrogens (tertiary/aromatic N) is 1. The lowest BCUT2D eigenvalue weighted by atomic mass is 10.1. The van der Waals surface area contributed by atoms with Crippen molar-refractivity contribution in [3.8, 4) is 0 Å². The molecule has 0 aromatic rings. The van der Waals surface area contributed by atoms with Crippen LogP contribution >= 0.6 is 0 Å². The largest absolute Gasteiger partial charge is 0.341 e. The topological polar surface area (TPSA) is 44.1 Å². The Balaban J connectivity index is 1.92. The molecule has 2 aliphatic rings. The molecule has 1 aliphatic heterocycles. The molecule has 1 amide bonds. The molecule has 1 N–H and O–H groups in total. The van der Waals surface area contributed by atoms with Gasteiger partial charge >= 0.3 is 0 Å². The Hall–Kier alpha value is -0.570. The maximum Gasteiger partial charge on any atom is 0.241 e. The van der Waals surface area contributed by atoms with Crippen molar-refractivity contribution in [2.24, 2.45) is 5.92 Å². The lowest BCUT2D eigenvalue weighted by Crippen LogP contribution is -2.39. The fraction of sp³-hybridized carbons (Fsp3) is 0.900. The molecule has 0 spiro atoms. The maximum absolute atomic E-state index is 11.6. The summed E-state index contributed by atoms with van der Waals surface area (Å²) in [7, 11) is 0. The van der Waals surface area contributed by atoms with Crippen LogP contribution < -0.4 is 5.73 Å². The summed E-state index contributed by atoms with van der Waals surface area (Å²) in [5, 5.41) is 0. The average molecular weight is 181 g/mol. The van der Waals surface area contributed by atoms with Crippen molar-refractivity contribution < 1.29 is 4.79 Å². The highest BCUT2D eigenvalue weighted by Gasteiger charge is 2.30. The first-order valence-electron chi connectivity index (χ1n) is 5.27. The van der Waals surface area contributed by atoms with Crippen LogP contribution in [0.3, 0.4) is 0 Å². The average Bonchev–Trinajstić information content (AvgIpc) is 2.91. The maximum atomic E-state index is 11.6. The molecule has 0 aromatic carbocycles. The number of hydrogen-bond donors (Lipinski definition) is 0. The molecule has 2 rings (SSSR count). The highest BCUT2D eigenvalue weighted by atomic mass is 16.2. The van der Waals surface area contributed by atoms with Crippen molar-refractivity contribution in [1.29, 1.82) is 0 Å². The van der Waals surface area contributed by atoms with E-state index < -0.39 is 6.04 Å². The second-order valence-electron chi connectivity index (χ2n) is 4.28. The van der Waals surface area contributed by atoms with Crippen molar-refractivity contribution in [3.63, 3.8) is 0 Å². The standard InChI is InChI=1S/C10H17N2O/c11-9-3-1-2-6-12(10(9)13)7-8-4-5-8/h8-9,11H,1-7H2. The number of rotatable bonds is 2. The zero-order chi connectivity index (χ0) is 9.26. The Morgan fingerprint density at radius 3 is 2.77 bits per heavy atom. The van der Waals surface area contributed by atoms with Crippen LogP contribution in [-0.2, 0) is 4.79 Å². The van der Waals surface area contributed by atoms with Gasteiger partial charge in [-0.25, -0.2) is 5.73 Å². The Morgan fingerprint density at radius 1 is 1.31 bits per heavy atom. The first-order valence-corrected chi connectivity index (χ1v) is 5.27. The van der Waals surface area contributed by atoms with Gasteiger partial charge in [0.1, 0.15) is 6.04 Å². The number of amides is 1. The van der Waals surface area contributed by atoms with E-state index in [-0.39, 0.29) is 5.91 Å². The van der Waals surface area contributed by atoms with E-state index >= 15 is 0 Å². The van der Waals surface area contributed by atoms with Gasteiger partial charge in [-0.3, -0.25) is 4.79 Å². The Bertz CT molecular complexity index is 201. The van der Waals surface area contributed by atoms with Gasteiger partial charge in [0.05, 0.1) is 0 Å². The first-order chi connectivity index (χ1) is 6.27. The molecule has 1 aliphatic carbocycles. The van der Waals surface area contributed by atoms with Crippen molar-refractivity contribution in [2.75, 3.05) is 13.1 Å². The van der Waals surface area contributed by atoms with E-state index in [0.29, 0.717) is 0 Å². The molecule has 3 nitrogen and oxygen atoms in total. The summed E-state index contributed by atoms with van der Waals surface area (Å²) in [6.45, 7) is 1.82. The second kappa shape index (κ2) is 3.66. The molecule has 0 aromatic heterocycles. The molecule has 1 radical (unpaired) electrons. The highest BCUT2D eigenvalue weighted by Crippen LogP contribution is 2.30. The normalized spacial score (nSPS) is 30.4. The van der Waals surface area contributed by atoms with E-state index in [0.717, 1.165) is 38.3 Å². The summed E-state index contributed by atoms with van der Waals surface area (Å²) in [5.41, 5.74) is 7.62. The SMILES string of the molecule is [NH]C1CCCCN(CC2CC2)C1=O. The van der Waals surface area contributed by atoms with E-state index in [1.54, 1.807) is 0 Å². The molecule has 3 heteroatoms. The first kappa shape index (κ1) is 9.00. The lowest BCUT2D eigenvalue weighted by Gasteiger charge is -2.21. The van der Waals surface area contributed by atoms with Gasteiger partial charge < -0.3 is 4.90 Å². The van der Waals surface area contributed by atoms with Gasteiger partial charge in [0.2, 0.25) is 5.91 Å². The van der Waals surface area contributed by atoms with E-state index in [2.05, 4.69) is 0 Å². The third-order valence-corrected chi connectivity index (χ3v) is 2.96. The summed E-state index contributed by atoms with van der Waals surface area (Å²) in [4.78, 5) is 13.6. The Labute approximate surface area is 79.3 Å². The molecule has 2 fully saturated rings. The fourth-order valence-corrected chi connectivity index (χ4v) is 1.90. The summed E-state index contributed by atoms with van der Waals surface area (Å²) < 4.78 is 0. The van der Waals surface area contributed by atoms with E-state index in [9.17, 15) is 4.79 Å². The van der Waals surface area contributed by atoms with Gasteiger partial charge in [0.25, 0.3) is 0 Å². The predicted octanol–water partition coefficient (Wildman–Crippen LogP) is 1.06. The molecule has 1 atom stereocenters. The second-order valence-corrected chi connectivity index (χ2v) is 4.28. The molecular weight excluding hydrogens is 164 g/mol. The van der Waals surface area contributed by atoms with Crippen LogP contribution in [-0.4, -0.2) is 29.9 Å². The van der Waals surface area contributed by atoms with Crippen LogP contribution in [0.4, 0.5) is 0 Å². The monoisotopic (exact) mass is 181 g/mol. The molecular formula is C10H17N2O. The van der Waals surface area contributed by atoms with Crippen LogP contribution in [0.1, 0.15) is 32.1 Å². The molecule has 1 saturated carbocycles. The zero-order valence-corrected chi connectivity index (χ0v) is 7.96. The number of likely N-dealkylation sites (tertiary alicyclic amines) is 1. The molecule has 1 saturated heterocycles. The number of carbonyl (C=O) groups excluding carboxylic acids is 1. The van der Waals surface area contributed by atoms with Crippen molar-refractivity contribution in [3.05, 3.63) is 0 Å². The lowest BCUT2D eigenvalue weighted by molar-refractivity contribution is -0.132. The van der Waals surface area contributed by atoms with Crippen LogP contribution in [0, 0.1) is 5.92 Å². The van der Waals surface area contributed by atoms with Crippen molar-refractivity contribution >= 4 is 5.91 Å². The Morgan fingerprint density at radius 2 is 2.08 bits per heavy atom. The van der Waals surface area contributed by atoms with Gasteiger partial charge in [-0.2, -0.15) is 0 Å². The van der Waals surface area contributed by atoms with Crippen LogP contribution in [0.25, 0.3) is 0 Å². The summed E-state index contributed by atoms with van der Waals surface area (Å²) in [6, 6.07) is -0.471. The van der Waals surface area contributed by atoms with E-state index in [4.69, 9.17) is 5.73 Å². The van der Waals surface area contributed by atoms with E-state index in [1.807, 2.05) is 4.90 Å². The van der Waals surface area contributed by atoms with Gasteiger partial charge in [0.15, 0.2) is 0 Å². The quantitative estimate of drug-likeness (QED) is 0.628. The van der Waals surface area contributed by atoms with E-state index in [1.165, 1.54) is 12.8 Å².